The van der Waals surface area contributed by atoms with E-state index in [1.807, 2.05) is 24.4 Å². The lowest BCUT2D eigenvalue weighted by Gasteiger charge is -2.46. The molecule has 0 unspecified atom stereocenters. The van der Waals surface area contributed by atoms with Gasteiger partial charge in [-0.1, -0.05) is 12.1 Å². The van der Waals surface area contributed by atoms with Crippen LogP contribution in [0.3, 0.4) is 0 Å². The average Bonchev–Trinajstić information content (AvgIpc) is 3.14. The number of halogens is 1. The van der Waals surface area contributed by atoms with Gasteiger partial charge in [0.15, 0.2) is 5.65 Å². The molecule has 1 aliphatic heterocycles. The van der Waals surface area contributed by atoms with E-state index in [9.17, 15) is 14.6 Å². The molecule has 1 aromatic carbocycles. The molecule has 1 aliphatic rings. The van der Waals surface area contributed by atoms with E-state index in [0.717, 1.165) is 28.3 Å². The number of hydrogen-bond acceptors (Lipinski definition) is 5. The van der Waals surface area contributed by atoms with Crippen molar-refractivity contribution in [3.63, 3.8) is 0 Å². The molecule has 0 bridgehead atoms. The van der Waals surface area contributed by atoms with Gasteiger partial charge in [-0.05, 0) is 44.4 Å². The molecule has 0 aliphatic carbocycles. The van der Waals surface area contributed by atoms with Gasteiger partial charge in [0, 0.05) is 35.8 Å². The van der Waals surface area contributed by atoms with E-state index in [-0.39, 0.29) is 12.4 Å². The first-order chi connectivity index (χ1) is 13.4. The summed E-state index contributed by atoms with van der Waals surface area (Å²) in [5, 5.41) is 25.5. The van der Waals surface area contributed by atoms with Gasteiger partial charge in [0.2, 0.25) is 0 Å². The number of nitrogens with zero attached hydrogens (tertiary/aromatic N) is 4. The largest absolute Gasteiger partial charge is 0.396 e. The number of piperidine rings is 1. The second kappa shape index (κ2) is 7.14. The van der Waals surface area contributed by atoms with Crippen molar-refractivity contribution >= 4 is 11.5 Å². The molecule has 0 spiro atoms. The molecule has 2 atom stereocenters. The number of aryl methyl sites for hydroxylation is 1. The minimum absolute atomic E-state index is 0.159. The Labute approximate surface area is 163 Å². The second-order valence-electron chi connectivity index (χ2n) is 7.80. The minimum Gasteiger partial charge on any atom is -0.396 e. The number of benzene rings is 1. The molecule has 2 aromatic heterocycles. The van der Waals surface area contributed by atoms with E-state index in [4.69, 9.17) is 0 Å². The molecule has 28 heavy (non-hydrogen) atoms. The smallest absolute Gasteiger partial charge is 0.157 e. The van der Waals surface area contributed by atoms with Gasteiger partial charge >= 0.3 is 0 Å². The molecule has 0 amide bonds. The molecule has 0 saturated carbocycles. The third-order valence-electron chi connectivity index (χ3n) is 5.95. The zero-order chi connectivity index (χ0) is 19.9. The first-order valence-electron chi connectivity index (χ1n) is 9.53. The highest BCUT2D eigenvalue weighted by molar-refractivity contribution is 5.56. The molecule has 2 N–H and O–H groups in total. The van der Waals surface area contributed by atoms with Gasteiger partial charge in [0.25, 0.3) is 0 Å². The summed E-state index contributed by atoms with van der Waals surface area (Å²) in [6.45, 7) is 4.97. The lowest BCUT2D eigenvalue weighted by atomic mass is 9.73. The lowest BCUT2D eigenvalue weighted by molar-refractivity contribution is -0.0293. The highest BCUT2D eigenvalue weighted by Crippen LogP contribution is 2.37. The number of aliphatic hydroxyl groups is 2. The van der Waals surface area contributed by atoms with Crippen LogP contribution in [0.5, 0.6) is 0 Å². The van der Waals surface area contributed by atoms with Gasteiger partial charge < -0.3 is 15.1 Å². The molecule has 3 aromatic rings. The van der Waals surface area contributed by atoms with Crippen molar-refractivity contribution in [3.05, 3.63) is 59.2 Å². The Hall–Kier alpha value is -2.51. The molecule has 0 radical (unpaired) electrons. The predicted octanol–water partition coefficient (Wildman–Crippen LogP) is 2.28. The summed E-state index contributed by atoms with van der Waals surface area (Å²) in [7, 11) is 0. The average molecular weight is 384 g/mol. The highest BCUT2D eigenvalue weighted by Gasteiger charge is 2.43. The van der Waals surface area contributed by atoms with Crippen molar-refractivity contribution in [3.8, 4) is 0 Å². The van der Waals surface area contributed by atoms with Crippen molar-refractivity contribution in [2.24, 2.45) is 5.41 Å². The third kappa shape index (κ3) is 3.14. The molecular weight excluding hydrogens is 359 g/mol. The van der Waals surface area contributed by atoms with E-state index in [0.29, 0.717) is 25.9 Å². The maximum absolute atomic E-state index is 13.3. The zero-order valence-corrected chi connectivity index (χ0v) is 16.1. The van der Waals surface area contributed by atoms with Crippen molar-refractivity contribution in [1.29, 1.82) is 0 Å². The Bertz CT molecular complexity index is 988. The van der Waals surface area contributed by atoms with Crippen LogP contribution in [-0.2, 0) is 6.42 Å². The normalized spacial score (nSPS) is 22.8. The maximum atomic E-state index is 13.3. The lowest BCUT2D eigenvalue weighted by Crippen LogP contribution is -2.55. The quantitative estimate of drug-likeness (QED) is 0.722. The molecular formula is C21H25FN4O2. The van der Waals surface area contributed by atoms with Crippen LogP contribution in [0.25, 0.3) is 5.65 Å². The van der Waals surface area contributed by atoms with Crippen LogP contribution in [0.2, 0.25) is 0 Å². The van der Waals surface area contributed by atoms with Gasteiger partial charge in [0.05, 0.1) is 18.9 Å². The van der Waals surface area contributed by atoms with Crippen LogP contribution >= 0.6 is 0 Å². The van der Waals surface area contributed by atoms with Gasteiger partial charge in [-0.15, -0.1) is 0 Å². The Morgan fingerprint density at radius 1 is 1.21 bits per heavy atom. The summed E-state index contributed by atoms with van der Waals surface area (Å²) >= 11 is 0. The van der Waals surface area contributed by atoms with E-state index in [1.54, 1.807) is 18.3 Å². The third-order valence-corrected chi connectivity index (χ3v) is 5.95. The maximum Gasteiger partial charge on any atom is 0.157 e. The fourth-order valence-electron chi connectivity index (χ4n) is 4.22. The monoisotopic (exact) mass is 384 g/mol. The number of anilines is 1. The zero-order valence-electron chi connectivity index (χ0n) is 16.1. The number of aliphatic hydroxyl groups excluding tert-OH is 2. The van der Waals surface area contributed by atoms with Crippen LogP contribution in [0.4, 0.5) is 10.2 Å². The van der Waals surface area contributed by atoms with Gasteiger partial charge in [0.1, 0.15) is 11.6 Å². The topological polar surface area (TPSA) is 73.9 Å². The van der Waals surface area contributed by atoms with E-state index in [1.165, 1.54) is 12.1 Å². The number of hydrogen-bond donors (Lipinski definition) is 2. The molecule has 4 rings (SSSR count). The van der Waals surface area contributed by atoms with E-state index < -0.39 is 11.5 Å². The molecule has 148 valence electrons. The molecule has 1 saturated heterocycles. The SMILES string of the molecule is Cc1nc2ccnn2c(N2CC[C@H](O)[C@@](CO)(Cc3ccc(F)cc3)C2)c1C. The van der Waals surface area contributed by atoms with Gasteiger partial charge in [-0.25, -0.2) is 9.37 Å². The summed E-state index contributed by atoms with van der Waals surface area (Å²) < 4.78 is 15.1. The van der Waals surface area contributed by atoms with Crippen molar-refractivity contribution in [1.82, 2.24) is 14.6 Å². The summed E-state index contributed by atoms with van der Waals surface area (Å²) in [5.74, 6) is 0.646. The van der Waals surface area contributed by atoms with Gasteiger partial charge in [-0.3, -0.25) is 0 Å². The molecule has 3 heterocycles. The molecule has 1 fully saturated rings. The van der Waals surface area contributed by atoms with Crippen molar-refractivity contribution in [2.75, 3.05) is 24.6 Å². The van der Waals surface area contributed by atoms with E-state index in [2.05, 4.69) is 15.0 Å². The minimum atomic E-state index is -0.737. The first-order valence-corrected chi connectivity index (χ1v) is 9.53. The van der Waals surface area contributed by atoms with Crippen LogP contribution in [0, 0.1) is 25.1 Å². The Balaban J connectivity index is 1.72. The van der Waals surface area contributed by atoms with Crippen LogP contribution < -0.4 is 4.90 Å². The Morgan fingerprint density at radius 3 is 2.68 bits per heavy atom. The molecule has 6 nitrogen and oxygen atoms in total. The fourth-order valence-corrected chi connectivity index (χ4v) is 4.22. The first kappa shape index (κ1) is 18.8. The predicted molar refractivity (Wildman–Crippen MR) is 105 cm³/mol. The van der Waals surface area contributed by atoms with Crippen LogP contribution in [0.1, 0.15) is 23.2 Å². The highest BCUT2D eigenvalue weighted by atomic mass is 19.1. The standard InChI is InChI=1S/C21H25FN4O2/c1-14-15(2)24-19-7-9-23-26(19)20(14)25-10-8-18(28)21(12-25,13-27)11-16-3-5-17(22)6-4-16/h3-7,9,18,27-28H,8,10-13H2,1-2H3/t18-,21-/m0/s1. The van der Waals surface area contributed by atoms with Gasteiger partial charge in [-0.2, -0.15) is 9.61 Å². The summed E-state index contributed by atoms with van der Waals surface area (Å²) in [5.41, 5.74) is 2.89. The van der Waals surface area contributed by atoms with Crippen molar-refractivity contribution < 1.29 is 14.6 Å². The fraction of sp³-hybridized carbons (Fsp3) is 0.429. The van der Waals surface area contributed by atoms with Crippen molar-refractivity contribution in [2.45, 2.75) is 32.8 Å². The van der Waals surface area contributed by atoms with Crippen LogP contribution in [-0.4, -0.2) is 50.6 Å². The second-order valence-corrected chi connectivity index (χ2v) is 7.80. The Morgan fingerprint density at radius 2 is 1.96 bits per heavy atom. The summed E-state index contributed by atoms with van der Waals surface area (Å²) in [6.07, 6.45) is 2.08. The number of aromatic nitrogens is 3. The number of fused-ring (bicyclic) bond motifs is 1. The number of rotatable bonds is 4. The van der Waals surface area contributed by atoms with E-state index >= 15 is 0 Å². The Kier molecular flexibility index (Phi) is 4.81. The van der Waals surface area contributed by atoms with Crippen LogP contribution in [0.15, 0.2) is 36.5 Å². The summed E-state index contributed by atoms with van der Waals surface area (Å²) in [6, 6.07) is 8.12. The molecule has 7 heteroatoms. The summed E-state index contributed by atoms with van der Waals surface area (Å²) in [4.78, 5) is 6.75.